The predicted octanol–water partition coefficient (Wildman–Crippen LogP) is 4.88. The van der Waals surface area contributed by atoms with Gasteiger partial charge < -0.3 is 4.84 Å². The molecule has 0 atom stereocenters. The Balaban J connectivity index is 1.69. The summed E-state index contributed by atoms with van der Waals surface area (Å²) >= 11 is 3.41. The fraction of sp³-hybridized carbons (Fsp3) is 0.263. The van der Waals surface area contributed by atoms with Crippen LogP contribution in [0.15, 0.2) is 42.3 Å². The van der Waals surface area contributed by atoms with Crippen LogP contribution < -0.4 is 0 Å². The van der Waals surface area contributed by atoms with E-state index in [9.17, 15) is 0 Å². The van der Waals surface area contributed by atoms with Gasteiger partial charge in [-0.1, -0.05) is 17.8 Å². The van der Waals surface area contributed by atoms with E-state index in [1.165, 1.54) is 4.88 Å². The molecule has 0 aromatic carbocycles. The lowest BCUT2D eigenvalue weighted by Crippen LogP contribution is -2.11. The van der Waals surface area contributed by atoms with E-state index in [0.717, 1.165) is 56.8 Å². The normalized spacial score (nSPS) is 15.0. The molecule has 0 spiro atoms. The lowest BCUT2D eigenvalue weighted by molar-refractivity contribution is 0.174. The van der Waals surface area contributed by atoms with Crippen LogP contribution in [0.2, 0.25) is 0 Å². The molecule has 0 unspecified atom stereocenters. The van der Waals surface area contributed by atoms with Crippen LogP contribution in [0, 0.1) is 6.92 Å². The summed E-state index contributed by atoms with van der Waals surface area (Å²) in [6, 6.07) is 3.96. The number of hydrogen-bond donors (Lipinski definition) is 0. The topological polar surface area (TPSA) is 60.3 Å². The van der Waals surface area contributed by atoms with E-state index in [-0.39, 0.29) is 0 Å². The molecule has 3 aromatic heterocycles. The highest BCUT2D eigenvalue weighted by Gasteiger charge is 2.24. The van der Waals surface area contributed by atoms with Gasteiger partial charge in [-0.3, -0.25) is 4.98 Å². The summed E-state index contributed by atoms with van der Waals surface area (Å²) in [5.74, 6) is 0. The Kier molecular flexibility index (Phi) is 4.90. The summed E-state index contributed by atoms with van der Waals surface area (Å²) in [4.78, 5) is 21.5. The number of rotatable bonds is 5. The first-order valence-corrected chi connectivity index (χ1v) is 10.1. The van der Waals surface area contributed by atoms with Crippen LogP contribution in [0.3, 0.4) is 0 Å². The lowest BCUT2D eigenvalue weighted by atomic mass is 10.0. The first kappa shape index (κ1) is 17.1. The van der Waals surface area contributed by atoms with E-state index >= 15 is 0 Å². The van der Waals surface area contributed by atoms with Gasteiger partial charge in [-0.2, -0.15) is 0 Å². The molecular weight excluding hydrogens is 364 g/mol. The second-order valence-corrected chi connectivity index (χ2v) is 8.02. The van der Waals surface area contributed by atoms with Gasteiger partial charge in [-0.05, 0) is 38.3 Å². The van der Waals surface area contributed by atoms with Crippen molar-refractivity contribution in [3.63, 3.8) is 0 Å². The van der Waals surface area contributed by atoms with Crippen LogP contribution in [-0.4, -0.2) is 27.3 Å². The van der Waals surface area contributed by atoms with Gasteiger partial charge in [0.05, 0.1) is 10.6 Å². The maximum absolute atomic E-state index is 5.30. The summed E-state index contributed by atoms with van der Waals surface area (Å²) in [7, 11) is 0. The maximum Gasteiger partial charge on any atom is 0.136 e. The van der Waals surface area contributed by atoms with Crippen molar-refractivity contribution in [3.8, 4) is 20.5 Å². The lowest BCUT2D eigenvalue weighted by Gasteiger charge is -2.11. The van der Waals surface area contributed by atoms with E-state index in [2.05, 4.69) is 16.7 Å². The molecule has 0 fully saturated rings. The minimum Gasteiger partial charge on any atom is -0.391 e. The summed E-state index contributed by atoms with van der Waals surface area (Å²) in [6.07, 6.45) is 8.33. The minimum absolute atomic E-state index is 0.415. The fourth-order valence-electron chi connectivity index (χ4n) is 2.84. The molecule has 0 N–H and O–H groups in total. The van der Waals surface area contributed by atoms with Gasteiger partial charge in [0.2, 0.25) is 0 Å². The number of fused-ring (bicyclic) bond motifs is 1. The number of thiazole rings is 2. The first-order valence-electron chi connectivity index (χ1n) is 8.44. The summed E-state index contributed by atoms with van der Waals surface area (Å²) in [5.41, 5.74) is 3.95. The van der Waals surface area contributed by atoms with Crippen molar-refractivity contribution in [2.24, 2.45) is 5.16 Å². The average Bonchev–Trinajstić information content (AvgIpc) is 3.26. The number of pyridine rings is 1. The smallest absolute Gasteiger partial charge is 0.136 e. The molecule has 1 aliphatic rings. The summed E-state index contributed by atoms with van der Waals surface area (Å²) in [6.45, 7) is 6.10. The van der Waals surface area contributed by atoms with Crippen molar-refractivity contribution in [3.05, 3.63) is 53.4 Å². The molecule has 0 aliphatic heterocycles. The highest BCUT2D eigenvalue weighted by Crippen LogP contribution is 2.39. The number of oxime groups is 1. The second-order valence-electron chi connectivity index (χ2n) is 5.94. The molecular formula is C19H18N4OS2. The molecule has 3 heterocycles. The third-order valence-corrected chi connectivity index (χ3v) is 6.53. The zero-order chi connectivity index (χ0) is 17.9. The number of aromatic nitrogens is 3. The van der Waals surface area contributed by atoms with Crippen molar-refractivity contribution < 1.29 is 4.84 Å². The Morgan fingerprint density at radius 3 is 3.00 bits per heavy atom. The van der Waals surface area contributed by atoms with Crippen LogP contribution in [0.25, 0.3) is 20.5 Å². The molecule has 7 heteroatoms. The molecule has 1 aliphatic carbocycles. The standard InChI is InChI=1S/C19H18N4OS2/c1-3-10-24-23-14-7-4-8-15-16(14)22-19(25-15)17-12(2)21-18(26-17)13-6-5-9-20-11-13/h3,5-6,9,11H,1,4,7-8,10H2,2H3. The molecule has 132 valence electrons. The third-order valence-electron chi connectivity index (χ3n) is 4.05. The Morgan fingerprint density at radius 2 is 2.19 bits per heavy atom. The van der Waals surface area contributed by atoms with Gasteiger partial charge >= 0.3 is 0 Å². The van der Waals surface area contributed by atoms with Crippen LogP contribution in [0.4, 0.5) is 0 Å². The highest BCUT2D eigenvalue weighted by molar-refractivity contribution is 7.23. The molecule has 26 heavy (non-hydrogen) atoms. The molecule has 0 saturated carbocycles. The molecule has 4 rings (SSSR count). The van der Waals surface area contributed by atoms with Crippen LogP contribution >= 0.6 is 22.7 Å². The first-order chi connectivity index (χ1) is 12.8. The van der Waals surface area contributed by atoms with E-state index in [1.54, 1.807) is 34.9 Å². The molecule has 3 aromatic rings. The van der Waals surface area contributed by atoms with E-state index in [0.29, 0.717) is 6.61 Å². The number of hydrogen-bond acceptors (Lipinski definition) is 7. The van der Waals surface area contributed by atoms with Gasteiger partial charge in [0.15, 0.2) is 0 Å². The Morgan fingerprint density at radius 1 is 1.27 bits per heavy atom. The number of aryl methyl sites for hydroxylation is 2. The fourth-order valence-corrected chi connectivity index (χ4v) is 5.15. The SMILES string of the molecule is C=CCON=C1CCCc2sc(-c3sc(-c4cccnc4)nc3C)nc21. The van der Waals surface area contributed by atoms with E-state index < -0.39 is 0 Å². The van der Waals surface area contributed by atoms with Crippen molar-refractivity contribution >= 4 is 28.4 Å². The Labute approximate surface area is 160 Å². The zero-order valence-corrected chi connectivity index (χ0v) is 16.1. The van der Waals surface area contributed by atoms with Crippen LogP contribution in [0.1, 0.15) is 29.1 Å². The van der Waals surface area contributed by atoms with E-state index in [4.69, 9.17) is 14.8 Å². The molecule has 0 radical (unpaired) electrons. The van der Waals surface area contributed by atoms with Gasteiger partial charge in [0.25, 0.3) is 0 Å². The molecule has 0 saturated heterocycles. The van der Waals surface area contributed by atoms with Gasteiger partial charge in [0, 0.05) is 22.8 Å². The van der Waals surface area contributed by atoms with Gasteiger partial charge in [0.1, 0.15) is 28.0 Å². The van der Waals surface area contributed by atoms with Crippen LogP contribution in [-0.2, 0) is 11.3 Å². The van der Waals surface area contributed by atoms with Gasteiger partial charge in [-0.25, -0.2) is 9.97 Å². The van der Waals surface area contributed by atoms with Crippen molar-refractivity contribution in [1.29, 1.82) is 0 Å². The number of nitrogens with zero attached hydrogens (tertiary/aromatic N) is 4. The van der Waals surface area contributed by atoms with Crippen LogP contribution in [0.5, 0.6) is 0 Å². The molecule has 0 amide bonds. The average molecular weight is 383 g/mol. The van der Waals surface area contributed by atoms with Crippen molar-refractivity contribution in [2.75, 3.05) is 6.61 Å². The predicted molar refractivity (Wildman–Crippen MR) is 107 cm³/mol. The summed E-state index contributed by atoms with van der Waals surface area (Å²) in [5, 5.41) is 6.25. The van der Waals surface area contributed by atoms with E-state index in [1.807, 2.05) is 25.3 Å². The molecule has 0 bridgehead atoms. The maximum atomic E-state index is 5.30. The Hall–Kier alpha value is -2.38. The largest absolute Gasteiger partial charge is 0.391 e. The Bertz CT molecular complexity index is 959. The zero-order valence-electron chi connectivity index (χ0n) is 14.4. The van der Waals surface area contributed by atoms with Crippen molar-refractivity contribution in [2.45, 2.75) is 26.2 Å². The van der Waals surface area contributed by atoms with Crippen molar-refractivity contribution in [1.82, 2.24) is 15.0 Å². The highest BCUT2D eigenvalue weighted by atomic mass is 32.1. The second kappa shape index (κ2) is 7.47. The third kappa shape index (κ3) is 3.32. The minimum atomic E-state index is 0.415. The summed E-state index contributed by atoms with van der Waals surface area (Å²) < 4.78 is 0. The quantitative estimate of drug-likeness (QED) is 0.358. The molecule has 5 nitrogen and oxygen atoms in total. The van der Waals surface area contributed by atoms with Gasteiger partial charge in [-0.15, -0.1) is 22.7 Å². The monoisotopic (exact) mass is 382 g/mol.